The van der Waals surface area contributed by atoms with Crippen LogP contribution in [0.1, 0.15) is 30.9 Å². The van der Waals surface area contributed by atoms with E-state index in [0.717, 1.165) is 42.7 Å². The Morgan fingerprint density at radius 2 is 1.93 bits per heavy atom. The third kappa shape index (κ3) is 7.19. The van der Waals surface area contributed by atoms with E-state index >= 15 is 0 Å². The number of nitrogens with zero attached hydrogens (tertiary/aromatic N) is 2. The topological polar surface area (TPSA) is 17.8 Å². The molecule has 6 heteroatoms. The average Bonchev–Trinajstić information content (AvgIpc) is 3.25. The number of benzene rings is 2. The molecule has 0 fully saturated rings. The monoisotopic (exact) mass is 462 g/mol. The molecule has 1 aromatic heterocycles. The average molecular weight is 463 g/mol. The highest BCUT2D eigenvalue weighted by Crippen LogP contribution is 2.35. The minimum atomic E-state index is -0.193. The molecule has 0 aliphatic rings. The SMILES string of the molecule is CC(CCc1ccc(F)cc1)(CCn1ccnc1)SC/C=C/c1ccc(Cl)cc1Cl. The molecule has 0 amide bonds. The molecule has 0 radical (unpaired) electrons. The van der Waals surface area contributed by atoms with Crippen LogP contribution in [0.4, 0.5) is 4.39 Å². The number of aryl methyl sites for hydroxylation is 2. The van der Waals surface area contributed by atoms with Gasteiger partial charge in [-0.05, 0) is 54.7 Å². The Morgan fingerprint density at radius 3 is 2.63 bits per heavy atom. The summed E-state index contributed by atoms with van der Waals surface area (Å²) in [7, 11) is 0. The van der Waals surface area contributed by atoms with Gasteiger partial charge < -0.3 is 4.57 Å². The number of rotatable bonds is 10. The van der Waals surface area contributed by atoms with Gasteiger partial charge in [-0.15, -0.1) is 0 Å². The van der Waals surface area contributed by atoms with Crippen molar-refractivity contribution < 1.29 is 4.39 Å². The number of imidazole rings is 1. The lowest BCUT2D eigenvalue weighted by Gasteiger charge is -2.29. The highest BCUT2D eigenvalue weighted by molar-refractivity contribution is 8.00. The van der Waals surface area contributed by atoms with Crippen LogP contribution in [0.3, 0.4) is 0 Å². The Labute approximate surface area is 192 Å². The lowest BCUT2D eigenvalue weighted by atomic mass is 9.97. The summed E-state index contributed by atoms with van der Waals surface area (Å²) in [5, 5.41) is 1.29. The van der Waals surface area contributed by atoms with Crippen molar-refractivity contribution in [2.24, 2.45) is 0 Å². The van der Waals surface area contributed by atoms with Crippen LogP contribution in [0.2, 0.25) is 10.0 Å². The molecule has 0 aliphatic heterocycles. The van der Waals surface area contributed by atoms with Gasteiger partial charge in [0, 0.05) is 39.5 Å². The molecule has 3 aromatic rings. The molecule has 0 saturated carbocycles. The molecule has 2 nitrogen and oxygen atoms in total. The molecule has 1 atom stereocenters. The lowest BCUT2D eigenvalue weighted by Crippen LogP contribution is -2.24. The second-order valence-electron chi connectivity index (χ2n) is 7.51. The van der Waals surface area contributed by atoms with Gasteiger partial charge in [-0.25, -0.2) is 9.37 Å². The van der Waals surface area contributed by atoms with Gasteiger partial charge in [0.05, 0.1) is 6.33 Å². The smallest absolute Gasteiger partial charge is 0.123 e. The first-order valence-corrected chi connectivity index (χ1v) is 11.6. The van der Waals surface area contributed by atoms with E-state index in [-0.39, 0.29) is 10.6 Å². The zero-order valence-corrected chi connectivity index (χ0v) is 19.2. The maximum Gasteiger partial charge on any atom is 0.123 e. The zero-order valence-electron chi connectivity index (χ0n) is 16.9. The van der Waals surface area contributed by atoms with Crippen LogP contribution in [0.5, 0.6) is 0 Å². The molecule has 1 unspecified atom stereocenters. The van der Waals surface area contributed by atoms with Crippen LogP contribution in [0.15, 0.2) is 67.3 Å². The van der Waals surface area contributed by atoms with Gasteiger partial charge in [0.15, 0.2) is 0 Å². The van der Waals surface area contributed by atoms with E-state index in [1.54, 1.807) is 6.07 Å². The third-order valence-electron chi connectivity index (χ3n) is 5.10. The van der Waals surface area contributed by atoms with E-state index in [1.165, 1.54) is 12.1 Å². The van der Waals surface area contributed by atoms with Crippen molar-refractivity contribution in [3.63, 3.8) is 0 Å². The number of thioether (sulfide) groups is 1. The summed E-state index contributed by atoms with van der Waals surface area (Å²) >= 11 is 14.2. The Hall–Kier alpha value is -1.75. The number of hydrogen-bond acceptors (Lipinski definition) is 2. The first-order chi connectivity index (χ1) is 14.4. The van der Waals surface area contributed by atoms with Gasteiger partial charge >= 0.3 is 0 Å². The molecule has 2 aromatic carbocycles. The standard InChI is InChI=1S/C24H25Cl2FN2S/c1-24(12-14-29-15-13-28-18-29,11-10-19-4-8-22(27)9-5-19)30-16-2-3-20-6-7-21(25)17-23(20)26/h2-9,13,15,17-18H,10-12,14,16H2,1H3/b3-2+. The highest BCUT2D eigenvalue weighted by Gasteiger charge is 2.24. The Balaban J connectivity index is 1.61. The van der Waals surface area contributed by atoms with E-state index in [4.69, 9.17) is 23.2 Å². The summed E-state index contributed by atoms with van der Waals surface area (Å²) in [6.45, 7) is 3.22. The van der Waals surface area contributed by atoms with Gasteiger partial charge in [-0.3, -0.25) is 0 Å². The van der Waals surface area contributed by atoms with E-state index < -0.39 is 0 Å². The van der Waals surface area contributed by atoms with E-state index in [9.17, 15) is 4.39 Å². The Morgan fingerprint density at radius 1 is 1.13 bits per heavy atom. The molecule has 1 heterocycles. The summed E-state index contributed by atoms with van der Waals surface area (Å²) in [5.74, 6) is 0.685. The van der Waals surface area contributed by atoms with Crippen molar-refractivity contribution in [3.05, 3.63) is 94.3 Å². The predicted molar refractivity (Wildman–Crippen MR) is 128 cm³/mol. The number of aromatic nitrogens is 2. The molecule has 30 heavy (non-hydrogen) atoms. The highest BCUT2D eigenvalue weighted by atomic mass is 35.5. The normalized spacial score (nSPS) is 13.6. The molecule has 0 N–H and O–H groups in total. The molecule has 0 saturated heterocycles. The molecule has 3 rings (SSSR count). The number of hydrogen-bond donors (Lipinski definition) is 0. The molecular formula is C24H25Cl2FN2S. The van der Waals surface area contributed by atoms with E-state index in [1.807, 2.05) is 60.8 Å². The summed E-state index contributed by atoms with van der Waals surface area (Å²) in [4.78, 5) is 4.14. The van der Waals surface area contributed by atoms with Crippen molar-refractivity contribution in [3.8, 4) is 0 Å². The minimum absolute atomic E-state index is 0.0762. The van der Waals surface area contributed by atoms with Gasteiger partial charge in [-0.1, -0.05) is 60.5 Å². The van der Waals surface area contributed by atoms with Gasteiger partial charge in [0.2, 0.25) is 0 Å². The van der Waals surface area contributed by atoms with Crippen molar-refractivity contribution in [2.75, 3.05) is 5.75 Å². The zero-order chi connectivity index (χ0) is 21.4. The van der Waals surface area contributed by atoms with E-state index in [2.05, 4.69) is 22.6 Å². The fourth-order valence-electron chi connectivity index (χ4n) is 3.17. The molecule has 158 valence electrons. The maximum absolute atomic E-state index is 13.2. The van der Waals surface area contributed by atoms with Crippen LogP contribution in [-0.4, -0.2) is 20.1 Å². The van der Waals surface area contributed by atoms with Crippen molar-refractivity contribution in [1.82, 2.24) is 9.55 Å². The Bertz CT molecular complexity index is 958. The minimum Gasteiger partial charge on any atom is -0.337 e. The second-order valence-corrected chi connectivity index (χ2v) is 9.96. The number of halogens is 3. The van der Waals surface area contributed by atoms with Crippen LogP contribution < -0.4 is 0 Å². The second kappa shape index (κ2) is 11.0. The predicted octanol–water partition coefficient (Wildman–Crippen LogP) is 7.56. The molecular weight excluding hydrogens is 438 g/mol. The molecule has 0 spiro atoms. The summed E-state index contributed by atoms with van der Waals surface area (Å²) in [5.41, 5.74) is 2.13. The largest absolute Gasteiger partial charge is 0.337 e. The summed E-state index contributed by atoms with van der Waals surface area (Å²) in [6.07, 6.45) is 12.8. The molecule has 0 bridgehead atoms. The Kier molecular flexibility index (Phi) is 8.43. The van der Waals surface area contributed by atoms with Crippen LogP contribution in [-0.2, 0) is 13.0 Å². The first-order valence-electron chi connectivity index (χ1n) is 9.89. The fourth-order valence-corrected chi connectivity index (χ4v) is 4.72. The van der Waals surface area contributed by atoms with Crippen molar-refractivity contribution >= 4 is 41.0 Å². The van der Waals surface area contributed by atoms with E-state index in [0.29, 0.717) is 10.0 Å². The first kappa shape index (κ1) is 22.9. The lowest BCUT2D eigenvalue weighted by molar-refractivity contribution is 0.493. The summed E-state index contributed by atoms with van der Waals surface area (Å²) < 4.78 is 15.4. The van der Waals surface area contributed by atoms with Crippen LogP contribution in [0, 0.1) is 5.82 Å². The van der Waals surface area contributed by atoms with Gasteiger partial charge in [-0.2, -0.15) is 11.8 Å². The van der Waals surface area contributed by atoms with Gasteiger partial charge in [0.25, 0.3) is 0 Å². The van der Waals surface area contributed by atoms with Gasteiger partial charge in [0.1, 0.15) is 5.82 Å². The fraction of sp³-hybridized carbons (Fsp3) is 0.292. The molecule has 0 aliphatic carbocycles. The van der Waals surface area contributed by atoms with Crippen molar-refractivity contribution in [2.45, 2.75) is 37.5 Å². The third-order valence-corrected chi connectivity index (χ3v) is 7.13. The quantitative estimate of drug-likeness (QED) is 0.309. The van der Waals surface area contributed by atoms with Crippen LogP contribution in [0.25, 0.3) is 6.08 Å². The van der Waals surface area contributed by atoms with Crippen molar-refractivity contribution in [1.29, 1.82) is 0 Å². The maximum atomic E-state index is 13.2. The summed E-state index contributed by atoms with van der Waals surface area (Å²) in [6, 6.07) is 12.3. The van der Waals surface area contributed by atoms with Crippen LogP contribution >= 0.6 is 35.0 Å².